The predicted molar refractivity (Wildman–Crippen MR) is 185 cm³/mol. The van der Waals surface area contributed by atoms with Crippen LogP contribution in [0.5, 0.6) is 0 Å². The van der Waals surface area contributed by atoms with E-state index in [0.29, 0.717) is 35.3 Å². The summed E-state index contributed by atoms with van der Waals surface area (Å²) in [5.74, 6) is -2.73. The van der Waals surface area contributed by atoms with Crippen LogP contribution in [-0.4, -0.2) is 102 Å². The van der Waals surface area contributed by atoms with Crippen molar-refractivity contribution in [3.63, 3.8) is 0 Å². The van der Waals surface area contributed by atoms with Crippen LogP contribution in [0.1, 0.15) is 44.2 Å². The van der Waals surface area contributed by atoms with Crippen molar-refractivity contribution in [3.05, 3.63) is 90.5 Å². The first-order chi connectivity index (χ1) is 24.7. The van der Waals surface area contributed by atoms with E-state index in [4.69, 9.17) is 9.47 Å². The molecule has 6 atom stereocenters. The van der Waals surface area contributed by atoms with Crippen molar-refractivity contribution in [3.8, 4) is 0 Å². The number of β-lactam (4-membered cyclic amide) rings is 1. The molecule has 3 aliphatic heterocycles. The van der Waals surface area contributed by atoms with Crippen LogP contribution in [0.15, 0.2) is 59.1 Å². The van der Waals surface area contributed by atoms with Gasteiger partial charge in [-0.1, -0.05) is 6.92 Å². The van der Waals surface area contributed by atoms with Gasteiger partial charge in [0, 0.05) is 66.5 Å². The van der Waals surface area contributed by atoms with Gasteiger partial charge in [-0.15, -0.1) is 11.8 Å². The quantitative estimate of drug-likeness (QED) is 0.155. The van der Waals surface area contributed by atoms with Gasteiger partial charge in [0.2, 0.25) is 5.91 Å². The summed E-state index contributed by atoms with van der Waals surface area (Å²) in [6.07, 6.45) is -0.769. The molecule has 5 rings (SSSR count). The van der Waals surface area contributed by atoms with E-state index in [0.717, 1.165) is 0 Å². The number of hydrogen-bond donors (Lipinski definition) is 2. The lowest BCUT2D eigenvalue weighted by molar-refractivity contribution is -0.385. The Morgan fingerprint density at radius 3 is 2.08 bits per heavy atom. The number of amides is 3. The molecule has 2 fully saturated rings. The summed E-state index contributed by atoms with van der Waals surface area (Å²) in [5.41, 5.74) is 0.849. The number of likely N-dealkylation sites (tertiary alicyclic amines) is 1. The Morgan fingerprint density at radius 2 is 1.56 bits per heavy atom. The maximum Gasteiger partial charge on any atom is 0.410 e. The minimum atomic E-state index is -1.24. The zero-order valence-electron chi connectivity index (χ0n) is 28.7. The fraction of sp³-hybridized carbons (Fsp3) is 0.471. The van der Waals surface area contributed by atoms with E-state index in [9.17, 15) is 49.6 Å². The Bertz CT molecular complexity index is 1750. The summed E-state index contributed by atoms with van der Waals surface area (Å²) in [7, 11) is 1.56. The number of non-ortho nitro benzene ring substituents is 2. The summed E-state index contributed by atoms with van der Waals surface area (Å²) < 4.78 is 10.9. The van der Waals surface area contributed by atoms with E-state index in [2.05, 4.69) is 0 Å². The number of carbonyl (C=O) groups excluding carboxylic acids is 3. The van der Waals surface area contributed by atoms with Crippen molar-refractivity contribution in [1.82, 2.24) is 14.7 Å². The fourth-order valence-corrected chi connectivity index (χ4v) is 8.45. The number of aliphatic carboxylic acids is 1. The lowest BCUT2D eigenvalue weighted by Crippen LogP contribution is -2.63. The van der Waals surface area contributed by atoms with Crippen molar-refractivity contribution >= 4 is 47.2 Å². The van der Waals surface area contributed by atoms with Gasteiger partial charge in [-0.3, -0.25) is 25.0 Å². The van der Waals surface area contributed by atoms with E-state index >= 15 is 0 Å². The molecule has 278 valence electrons. The van der Waals surface area contributed by atoms with Crippen LogP contribution < -0.4 is 0 Å². The van der Waals surface area contributed by atoms with Crippen LogP contribution in [0.25, 0.3) is 0 Å². The molecule has 2 N–H and O–H groups in total. The number of carboxylic acids is 1. The first-order valence-corrected chi connectivity index (χ1v) is 17.5. The van der Waals surface area contributed by atoms with Gasteiger partial charge in [0.15, 0.2) is 0 Å². The number of fused-ring (bicyclic) bond motifs is 1. The van der Waals surface area contributed by atoms with Gasteiger partial charge in [-0.05, 0) is 61.6 Å². The van der Waals surface area contributed by atoms with E-state index in [1.807, 2.05) is 6.92 Å². The summed E-state index contributed by atoms with van der Waals surface area (Å²) in [6, 6.07) is 10.4. The van der Waals surface area contributed by atoms with E-state index < -0.39 is 52.0 Å². The smallest absolute Gasteiger partial charge is 0.410 e. The van der Waals surface area contributed by atoms with Crippen molar-refractivity contribution in [2.45, 2.75) is 69.8 Å². The number of nitro benzene ring substituents is 2. The second-order valence-corrected chi connectivity index (χ2v) is 14.4. The molecule has 3 heterocycles. The van der Waals surface area contributed by atoms with Crippen molar-refractivity contribution in [1.29, 1.82) is 0 Å². The van der Waals surface area contributed by atoms with Crippen LogP contribution in [0, 0.1) is 32.1 Å². The monoisotopic (exact) mass is 741 g/mol. The molecule has 0 bridgehead atoms. The van der Waals surface area contributed by atoms with E-state index in [1.165, 1.54) is 77.0 Å². The maximum atomic E-state index is 13.5. The number of nitro groups is 2. The lowest BCUT2D eigenvalue weighted by atomic mass is 9.79. The highest BCUT2D eigenvalue weighted by molar-refractivity contribution is 8.03. The molecule has 0 aromatic heterocycles. The third-order valence-electron chi connectivity index (χ3n) is 9.58. The zero-order valence-corrected chi connectivity index (χ0v) is 29.5. The van der Waals surface area contributed by atoms with Crippen molar-refractivity contribution in [2.24, 2.45) is 11.8 Å². The molecule has 2 aromatic carbocycles. The molecule has 0 radical (unpaired) electrons. The number of nitrogens with zero attached hydrogens (tertiary/aromatic N) is 5. The summed E-state index contributed by atoms with van der Waals surface area (Å²) in [4.78, 5) is 76.8. The zero-order chi connectivity index (χ0) is 37.9. The molecular weight excluding hydrogens is 702 g/mol. The standard InChI is InChI=1S/C34H39N5O12S/c1-19-28-27(20(2)40)31(41)37(28)29(32(42)43)30(19)52-26-15-25(36(16-26)34(45)51-18-22-8-12-24(13-9-22)39(48)49)5-4-14-35(3)33(44)50-17-21-6-10-23(11-7-21)38(46)47/h6-13,19-20,25-28,40H,4-5,14-18H2,1-3H3,(H,42,43)/t19-,20-,25-,26+,27-,28-/m1/s1. The van der Waals surface area contributed by atoms with Gasteiger partial charge in [0.1, 0.15) is 18.9 Å². The van der Waals surface area contributed by atoms with E-state index in [1.54, 1.807) is 11.9 Å². The van der Waals surface area contributed by atoms with Gasteiger partial charge >= 0.3 is 18.2 Å². The Labute approximate surface area is 302 Å². The molecular formula is C34H39N5O12S. The second-order valence-electron chi connectivity index (χ2n) is 13.1. The minimum absolute atomic E-state index is 0.0779. The summed E-state index contributed by atoms with van der Waals surface area (Å²) in [5, 5.41) is 41.9. The largest absolute Gasteiger partial charge is 0.477 e. The molecule has 52 heavy (non-hydrogen) atoms. The number of aliphatic hydroxyl groups excluding tert-OH is 1. The number of aliphatic hydroxyl groups is 1. The van der Waals surface area contributed by atoms with Gasteiger partial charge < -0.3 is 34.4 Å². The third kappa shape index (κ3) is 8.12. The van der Waals surface area contributed by atoms with Gasteiger partial charge in [0.25, 0.3) is 11.4 Å². The van der Waals surface area contributed by atoms with Crippen LogP contribution in [0.3, 0.4) is 0 Å². The Morgan fingerprint density at radius 1 is 1.00 bits per heavy atom. The Hall–Kier alpha value is -5.23. The van der Waals surface area contributed by atoms with Gasteiger partial charge in [-0.25, -0.2) is 14.4 Å². The van der Waals surface area contributed by atoms with Crippen molar-refractivity contribution in [2.75, 3.05) is 20.1 Å². The molecule has 2 aromatic rings. The molecule has 0 aliphatic carbocycles. The number of thioether (sulfide) groups is 1. The van der Waals surface area contributed by atoms with Crippen LogP contribution >= 0.6 is 11.8 Å². The second kappa shape index (κ2) is 16.0. The fourth-order valence-electron chi connectivity index (χ4n) is 6.88. The Kier molecular flexibility index (Phi) is 11.7. The average molecular weight is 742 g/mol. The Balaban J connectivity index is 1.23. The summed E-state index contributed by atoms with van der Waals surface area (Å²) in [6.45, 7) is 3.62. The normalized spacial score (nSPS) is 22.8. The number of ether oxygens (including phenoxy) is 2. The highest BCUT2D eigenvalue weighted by atomic mass is 32.2. The predicted octanol–water partition coefficient (Wildman–Crippen LogP) is 4.52. The number of carbonyl (C=O) groups is 4. The van der Waals surface area contributed by atoms with Crippen molar-refractivity contribution < 1.29 is 48.7 Å². The third-order valence-corrected chi connectivity index (χ3v) is 11.1. The molecule has 3 aliphatic rings. The first-order valence-electron chi connectivity index (χ1n) is 16.6. The van der Waals surface area contributed by atoms with Gasteiger partial charge in [0.05, 0.1) is 27.9 Å². The SMILES string of the molecule is C[C@@H](O)[C@H]1C(=O)N2C(C(=O)O)=C(S[C@H]3C[C@@H](CCCN(C)C(=O)OCc4ccc([N+](=O)[O-])cc4)N(C(=O)OCc4ccc([N+](=O)[O-])cc4)C3)[C@H](C)[C@H]12. The van der Waals surface area contributed by atoms with Gasteiger partial charge in [-0.2, -0.15) is 0 Å². The summed E-state index contributed by atoms with van der Waals surface area (Å²) >= 11 is 1.31. The topological polar surface area (TPSA) is 223 Å². The highest BCUT2D eigenvalue weighted by Crippen LogP contribution is 2.52. The molecule has 0 saturated carbocycles. The molecule has 3 amide bonds. The van der Waals surface area contributed by atoms with E-state index in [-0.39, 0.29) is 60.6 Å². The minimum Gasteiger partial charge on any atom is -0.477 e. The molecule has 0 spiro atoms. The molecule has 18 heteroatoms. The first kappa shape index (κ1) is 38.0. The molecule has 2 saturated heterocycles. The lowest BCUT2D eigenvalue weighted by Gasteiger charge is -2.46. The average Bonchev–Trinajstić information content (AvgIpc) is 3.62. The number of hydrogen-bond acceptors (Lipinski definition) is 12. The number of carboxylic acid groups (broad SMARTS) is 1. The number of benzene rings is 2. The van der Waals surface area contributed by atoms with Crippen LogP contribution in [-0.2, 0) is 32.3 Å². The number of rotatable bonds is 14. The highest BCUT2D eigenvalue weighted by Gasteiger charge is 2.60. The molecule has 17 nitrogen and oxygen atoms in total. The van der Waals surface area contributed by atoms with Crippen LogP contribution in [0.2, 0.25) is 0 Å². The maximum absolute atomic E-state index is 13.5. The van der Waals surface area contributed by atoms with Crippen LogP contribution in [0.4, 0.5) is 21.0 Å². The molecule has 0 unspecified atom stereocenters.